The topological polar surface area (TPSA) is 56.8 Å². The summed E-state index contributed by atoms with van der Waals surface area (Å²) in [7, 11) is 0. The van der Waals surface area contributed by atoms with Gasteiger partial charge in [-0.25, -0.2) is 0 Å². The Kier molecular flexibility index (Phi) is 4.12. The average molecular weight is 306 g/mol. The van der Waals surface area contributed by atoms with E-state index in [1.807, 2.05) is 24.3 Å². The molecule has 112 valence electrons. The van der Waals surface area contributed by atoms with Gasteiger partial charge in [0.15, 0.2) is 0 Å². The molecule has 2 heterocycles. The second kappa shape index (κ2) is 6.03. The van der Waals surface area contributed by atoms with Crippen LogP contribution < -0.4 is 10.2 Å². The summed E-state index contributed by atoms with van der Waals surface area (Å²) >= 11 is 6.19. The van der Waals surface area contributed by atoms with Gasteiger partial charge in [0, 0.05) is 36.6 Å². The fourth-order valence-corrected chi connectivity index (χ4v) is 3.02. The third-order valence-corrected chi connectivity index (χ3v) is 4.04. The molecule has 21 heavy (non-hydrogen) atoms. The van der Waals surface area contributed by atoms with E-state index >= 15 is 0 Å². The Morgan fingerprint density at radius 2 is 1.95 bits per heavy atom. The average Bonchev–Trinajstić information content (AvgIpc) is 2.89. The van der Waals surface area contributed by atoms with Gasteiger partial charge in [-0.1, -0.05) is 29.8 Å². The number of rotatable bonds is 3. The highest BCUT2D eigenvalue weighted by molar-refractivity contribution is 6.31. The molecule has 6 heteroatoms. The van der Waals surface area contributed by atoms with E-state index in [0.717, 1.165) is 35.4 Å². The quantitative estimate of drug-likeness (QED) is 0.913. The second-order valence-electron chi connectivity index (χ2n) is 5.72. The molecule has 3 rings (SSSR count). The van der Waals surface area contributed by atoms with E-state index in [0.29, 0.717) is 18.5 Å². The molecular weight excluding hydrogens is 286 g/mol. The van der Waals surface area contributed by atoms with Gasteiger partial charge < -0.3 is 10.2 Å². The zero-order chi connectivity index (χ0) is 14.8. The molecule has 0 saturated carbocycles. The first kappa shape index (κ1) is 14.4. The van der Waals surface area contributed by atoms with Crippen LogP contribution in [0.5, 0.6) is 0 Å². The first-order chi connectivity index (χ1) is 10.1. The summed E-state index contributed by atoms with van der Waals surface area (Å²) in [6.45, 7) is 6.21. The van der Waals surface area contributed by atoms with E-state index in [-0.39, 0.29) is 0 Å². The summed E-state index contributed by atoms with van der Waals surface area (Å²) in [5.41, 5.74) is 1.06. The van der Waals surface area contributed by atoms with Gasteiger partial charge in [0.05, 0.1) is 0 Å². The minimum absolute atomic E-state index is 0.444. The van der Waals surface area contributed by atoms with Gasteiger partial charge >= 0.3 is 0 Å². The summed E-state index contributed by atoms with van der Waals surface area (Å²) in [5, 5.41) is 11.7. The number of aromatic amines is 1. The monoisotopic (exact) mass is 305 g/mol. The lowest BCUT2D eigenvalue weighted by Gasteiger charge is -2.35. The number of H-pyrrole nitrogens is 1. The lowest BCUT2D eigenvalue weighted by atomic mass is 10.1. The van der Waals surface area contributed by atoms with Crippen molar-refractivity contribution < 1.29 is 0 Å². The Balaban J connectivity index is 1.73. The summed E-state index contributed by atoms with van der Waals surface area (Å²) < 4.78 is 0. The number of hydrogen-bond donors (Lipinski definition) is 2. The third-order valence-electron chi connectivity index (χ3n) is 3.68. The highest BCUT2D eigenvalue weighted by atomic mass is 35.5. The third kappa shape index (κ3) is 3.36. The zero-order valence-electron chi connectivity index (χ0n) is 12.3. The van der Waals surface area contributed by atoms with Crippen molar-refractivity contribution in [3.63, 3.8) is 0 Å². The van der Waals surface area contributed by atoms with E-state index < -0.39 is 0 Å². The molecule has 1 aliphatic rings. The van der Waals surface area contributed by atoms with Crippen LogP contribution >= 0.6 is 11.6 Å². The van der Waals surface area contributed by atoms with Crippen LogP contribution in [0.25, 0.3) is 0 Å². The molecule has 2 N–H and O–H groups in total. The molecule has 2 aromatic rings. The molecule has 1 saturated heterocycles. The highest BCUT2D eigenvalue weighted by Crippen LogP contribution is 2.19. The van der Waals surface area contributed by atoms with Crippen LogP contribution in [-0.4, -0.2) is 40.4 Å². The Morgan fingerprint density at radius 3 is 2.67 bits per heavy atom. The smallest absolute Gasteiger partial charge is 0.244 e. The summed E-state index contributed by atoms with van der Waals surface area (Å²) in [6.07, 6.45) is 0.671. The summed E-state index contributed by atoms with van der Waals surface area (Å²) in [5.74, 6) is 1.62. The lowest BCUT2D eigenvalue weighted by molar-refractivity contribution is 0.403. The molecule has 5 nitrogen and oxygen atoms in total. The molecule has 0 spiro atoms. The largest absolute Gasteiger partial charge is 0.336 e. The Morgan fingerprint density at radius 1 is 1.24 bits per heavy atom. The number of benzene rings is 1. The lowest BCUT2D eigenvalue weighted by Crippen LogP contribution is -2.54. The van der Waals surface area contributed by atoms with E-state index in [2.05, 4.69) is 39.2 Å². The molecule has 0 radical (unpaired) electrons. The van der Waals surface area contributed by atoms with Crippen LogP contribution in [0.4, 0.5) is 5.95 Å². The van der Waals surface area contributed by atoms with E-state index in [4.69, 9.17) is 11.6 Å². The molecule has 1 aromatic heterocycles. The maximum Gasteiger partial charge on any atom is 0.244 e. The number of aromatic nitrogens is 3. The minimum atomic E-state index is 0.444. The number of halogens is 1. The Hall–Kier alpha value is -1.59. The fraction of sp³-hybridized carbons (Fsp3) is 0.467. The molecule has 1 aliphatic heterocycles. The van der Waals surface area contributed by atoms with Gasteiger partial charge in [-0.3, -0.25) is 5.10 Å². The maximum atomic E-state index is 6.19. The van der Waals surface area contributed by atoms with E-state index in [1.165, 1.54) is 0 Å². The van der Waals surface area contributed by atoms with Crippen molar-refractivity contribution in [2.75, 3.05) is 18.0 Å². The molecule has 1 aromatic carbocycles. The maximum absolute atomic E-state index is 6.19. The molecule has 1 fully saturated rings. The van der Waals surface area contributed by atoms with Crippen molar-refractivity contribution in [1.29, 1.82) is 0 Å². The van der Waals surface area contributed by atoms with Crippen molar-refractivity contribution in [2.24, 2.45) is 0 Å². The van der Waals surface area contributed by atoms with E-state index in [1.54, 1.807) is 0 Å². The van der Waals surface area contributed by atoms with Gasteiger partial charge in [0.1, 0.15) is 5.82 Å². The predicted molar refractivity (Wildman–Crippen MR) is 84.9 cm³/mol. The SMILES string of the molecule is CC1CN(c2n[nH]c(Cc3ccccc3Cl)n2)CC(C)N1. The van der Waals surface area contributed by atoms with Crippen LogP contribution in [0, 0.1) is 0 Å². The van der Waals surface area contributed by atoms with Crippen LogP contribution in [0.2, 0.25) is 5.02 Å². The van der Waals surface area contributed by atoms with Crippen LogP contribution in [-0.2, 0) is 6.42 Å². The number of nitrogens with zero attached hydrogens (tertiary/aromatic N) is 3. The van der Waals surface area contributed by atoms with Gasteiger partial charge in [-0.2, -0.15) is 4.98 Å². The number of anilines is 1. The standard InChI is InChI=1S/C15H20ClN5/c1-10-8-21(9-11(2)17-10)15-18-14(19-20-15)7-12-5-3-4-6-13(12)16/h3-6,10-11,17H,7-9H2,1-2H3,(H,18,19,20). The van der Waals surface area contributed by atoms with Crippen molar-refractivity contribution >= 4 is 17.5 Å². The fourth-order valence-electron chi connectivity index (χ4n) is 2.82. The van der Waals surface area contributed by atoms with Crippen LogP contribution in [0.15, 0.2) is 24.3 Å². The molecule has 2 unspecified atom stereocenters. The molecule has 2 atom stereocenters. The van der Waals surface area contributed by atoms with Crippen molar-refractivity contribution in [2.45, 2.75) is 32.4 Å². The second-order valence-corrected chi connectivity index (χ2v) is 6.13. The Labute approximate surface area is 129 Å². The van der Waals surface area contributed by atoms with Crippen molar-refractivity contribution in [1.82, 2.24) is 20.5 Å². The van der Waals surface area contributed by atoms with Gasteiger partial charge in [-0.05, 0) is 25.5 Å². The first-order valence-corrected chi connectivity index (χ1v) is 7.65. The number of nitrogens with one attached hydrogen (secondary N) is 2. The van der Waals surface area contributed by atoms with Crippen molar-refractivity contribution in [3.8, 4) is 0 Å². The summed E-state index contributed by atoms with van der Waals surface area (Å²) in [6, 6.07) is 8.71. The number of hydrogen-bond acceptors (Lipinski definition) is 4. The van der Waals surface area contributed by atoms with Gasteiger partial charge in [-0.15, -0.1) is 5.10 Å². The predicted octanol–water partition coefficient (Wildman–Crippen LogP) is 2.24. The van der Waals surface area contributed by atoms with Crippen molar-refractivity contribution in [3.05, 3.63) is 40.7 Å². The molecule has 0 aliphatic carbocycles. The molecule has 0 amide bonds. The first-order valence-electron chi connectivity index (χ1n) is 7.27. The van der Waals surface area contributed by atoms with Gasteiger partial charge in [0.2, 0.25) is 5.95 Å². The number of piperazine rings is 1. The van der Waals surface area contributed by atoms with Crippen LogP contribution in [0.3, 0.4) is 0 Å². The molecule has 0 bridgehead atoms. The summed E-state index contributed by atoms with van der Waals surface area (Å²) in [4.78, 5) is 6.83. The highest BCUT2D eigenvalue weighted by Gasteiger charge is 2.23. The minimum Gasteiger partial charge on any atom is -0.336 e. The van der Waals surface area contributed by atoms with Crippen LogP contribution in [0.1, 0.15) is 25.2 Å². The zero-order valence-corrected chi connectivity index (χ0v) is 13.1. The normalized spacial score (nSPS) is 22.5. The Bertz CT molecular complexity index is 602. The molecular formula is C15H20ClN5. The van der Waals surface area contributed by atoms with Gasteiger partial charge in [0.25, 0.3) is 0 Å². The van der Waals surface area contributed by atoms with E-state index in [9.17, 15) is 0 Å².